The summed E-state index contributed by atoms with van der Waals surface area (Å²) in [5.41, 5.74) is 11.0. The van der Waals surface area contributed by atoms with Crippen molar-refractivity contribution in [3.63, 3.8) is 0 Å². The van der Waals surface area contributed by atoms with Gasteiger partial charge in [0.2, 0.25) is 0 Å². The first-order chi connectivity index (χ1) is 4.61. The topological polar surface area (TPSA) is 69.1 Å². The Labute approximate surface area is 70.1 Å². The number of hydrogen-bond acceptors (Lipinski definition) is 3. The molecule has 0 fully saturated rings. The van der Waals surface area contributed by atoms with Gasteiger partial charge in [0.15, 0.2) is 0 Å². The molecule has 0 bridgehead atoms. The van der Waals surface area contributed by atoms with E-state index in [0.717, 1.165) is 3.79 Å². The van der Waals surface area contributed by atoms with Crippen molar-refractivity contribution in [3.8, 4) is 0 Å². The number of rotatable bonds is 1. The highest BCUT2D eigenvalue weighted by Gasteiger charge is 2.06. The molecular weight excluding hydrogens is 216 g/mol. The number of thiophene rings is 1. The average Bonchev–Trinajstić information content (AvgIpc) is 2.13. The lowest BCUT2D eigenvalue weighted by atomic mass is 10.4. The monoisotopic (exact) mass is 220 g/mol. The highest BCUT2D eigenvalue weighted by molar-refractivity contribution is 9.11. The van der Waals surface area contributed by atoms with E-state index in [9.17, 15) is 4.79 Å². The van der Waals surface area contributed by atoms with E-state index >= 15 is 0 Å². The summed E-state index contributed by atoms with van der Waals surface area (Å²) in [6.07, 6.45) is 0. The van der Waals surface area contributed by atoms with Crippen molar-refractivity contribution >= 4 is 38.9 Å². The summed E-state index contributed by atoms with van der Waals surface area (Å²) in [6, 6.07) is 1.55. The molecule has 0 saturated carbocycles. The zero-order valence-corrected chi connectivity index (χ0v) is 7.33. The molecule has 5 heteroatoms. The van der Waals surface area contributed by atoms with Gasteiger partial charge in [-0.25, -0.2) is 0 Å². The van der Waals surface area contributed by atoms with Gasteiger partial charge >= 0.3 is 0 Å². The second-order valence-corrected chi connectivity index (χ2v) is 4.07. The van der Waals surface area contributed by atoms with Crippen LogP contribution in [0.1, 0.15) is 9.67 Å². The minimum absolute atomic E-state index is 0.442. The molecule has 1 rings (SSSR count). The lowest BCUT2D eigenvalue weighted by Gasteiger charge is -1.81. The molecule has 1 aromatic rings. The van der Waals surface area contributed by atoms with Crippen LogP contribution in [0, 0.1) is 0 Å². The van der Waals surface area contributed by atoms with Crippen LogP contribution in [-0.4, -0.2) is 5.91 Å². The molecule has 54 valence electrons. The Bertz CT molecular complexity index is 251. The number of nitrogens with two attached hydrogens (primary N) is 2. The van der Waals surface area contributed by atoms with E-state index in [1.165, 1.54) is 11.3 Å². The molecule has 0 aliphatic carbocycles. The maximum atomic E-state index is 10.5. The van der Waals surface area contributed by atoms with Crippen LogP contribution < -0.4 is 11.5 Å². The van der Waals surface area contributed by atoms with E-state index in [1.54, 1.807) is 6.07 Å². The standard InChI is InChI=1S/C5H5BrN2OS/c6-4-2(7)1-3(10-4)5(8)9/h1H,7H2,(H2,8,9). The number of anilines is 1. The zero-order chi connectivity index (χ0) is 7.72. The predicted molar refractivity (Wildman–Crippen MR) is 44.9 cm³/mol. The molecule has 1 amide bonds. The van der Waals surface area contributed by atoms with Crippen molar-refractivity contribution in [2.75, 3.05) is 5.73 Å². The fourth-order valence-corrected chi connectivity index (χ4v) is 1.80. The third kappa shape index (κ3) is 1.30. The molecule has 0 aromatic carbocycles. The molecule has 0 spiro atoms. The van der Waals surface area contributed by atoms with Crippen LogP contribution in [0.15, 0.2) is 9.85 Å². The Balaban J connectivity index is 3.10. The molecule has 0 aliphatic rings. The number of hydrogen-bond donors (Lipinski definition) is 2. The van der Waals surface area contributed by atoms with Gasteiger partial charge in [-0.05, 0) is 22.0 Å². The van der Waals surface area contributed by atoms with Gasteiger partial charge in [0, 0.05) is 0 Å². The molecule has 0 radical (unpaired) electrons. The molecule has 10 heavy (non-hydrogen) atoms. The predicted octanol–water partition coefficient (Wildman–Crippen LogP) is 1.19. The fourth-order valence-electron chi connectivity index (χ4n) is 0.504. The van der Waals surface area contributed by atoms with Gasteiger partial charge in [-0.2, -0.15) is 0 Å². The van der Waals surface area contributed by atoms with Crippen LogP contribution in [0.3, 0.4) is 0 Å². The molecule has 1 heterocycles. The summed E-state index contributed by atoms with van der Waals surface area (Å²) in [7, 11) is 0. The van der Waals surface area contributed by atoms with Gasteiger partial charge in [-0.15, -0.1) is 11.3 Å². The summed E-state index contributed by atoms with van der Waals surface area (Å²) in [5.74, 6) is -0.442. The van der Waals surface area contributed by atoms with Crippen molar-refractivity contribution < 1.29 is 4.79 Å². The maximum Gasteiger partial charge on any atom is 0.258 e. The summed E-state index contributed by atoms with van der Waals surface area (Å²) in [5, 5.41) is 0. The molecule has 1 aromatic heterocycles. The first-order valence-electron chi connectivity index (χ1n) is 2.46. The normalized spacial score (nSPS) is 9.70. The highest BCUT2D eigenvalue weighted by atomic mass is 79.9. The maximum absolute atomic E-state index is 10.5. The van der Waals surface area contributed by atoms with Crippen LogP contribution in [0.2, 0.25) is 0 Å². The molecular formula is C5H5BrN2OS. The number of primary amides is 1. The quantitative estimate of drug-likeness (QED) is 0.747. The van der Waals surface area contributed by atoms with Crippen LogP contribution in [-0.2, 0) is 0 Å². The number of amides is 1. The highest BCUT2D eigenvalue weighted by Crippen LogP contribution is 2.29. The Hall–Kier alpha value is -0.550. The Morgan fingerprint density at radius 2 is 2.30 bits per heavy atom. The SMILES string of the molecule is NC(=O)c1cc(N)c(Br)s1. The largest absolute Gasteiger partial charge is 0.397 e. The van der Waals surface area contributed by atoms with Crippen LogP contribution in [0.4, 0.5) is 5.69 Å². The van der Waals surface area contributed by atoms with E-state index < -0.39 is 5.91 Å². The van der Waals surface area contributed by atoms with Crippen LogP contribution in [0.5, 0.6) is 0 Å². The van der Waals surface area contributed by atoms with Crippen molar-refractivity contribution in [1.82, 2.24) is 0 Å². The first kappa shape index (κ1) is 7.56. The van der Waals surface area contributed by atoms with Crippen LogP contribution >= 0.6 is 27.3 Å². The second-order valence-electron chi connectivity index (χ2n) is 1.70. The van der Waals surface area contributed by atoms with Gasteiger partial charge in [-0.3, -0.25) is 4.79 Å². The minimum Gasteiger partial charge on any atom is -0.397 e. The van der Waals surface area contributed by atoms with Crippen molar-refractivity contribution in [2.45, 2.75) is 0 Å². The summed E-state index contributed by atoms with van der Waals surface area (Å²) in [4.78, 5) is 11.0. The second kappa shape index (κ2) is 2.59. The third-order valence-corrected chi connectivity index (χ3v) is 2.85. The van der Waals surface area contributed by atoms with Crippen LogP contribution in [0.25, 0.3) is 0 Å². The van der Waals surface area contributed by atoms with E-state index in [0.29, 0.717) is 10.6 Å². The Kier molecular flexibility index (Phi) is 1.96. The van der Waals surface area contributed by atoms with Gasteiger partial charge in [0.25, 0.3) is 5.91 Å². The molecule has 0 atom stereocenters. The molecule has 0 aliphatic heterocycles. The van der Waals surface area contributed by atoms with E-state index in [4.69, 9.17) is 11.5 Å². The third-order valence-electron chi connectivity index (χ3n) is 0.956. The van der Waals surface area contributed by atoms with E-state index in [1.807, 2.05) is 0 Å². The lowest BCUT2D eigenvalue weighted by Crippen LogP contribution is -2.08. The number of carbonyl (C=O) groups is 1. The summed E-state index contributed by atoms with van der Waals surface area (Å²) in [6.45, 7) is 0. The summed E-state index contributed by atoms with van der Waals surface area (Å²) < 4.78 is 0.751. The zero-order valence-electron chi connectivity index (χ0n) is 4.93. The average molecular weight is 221 g/mol. The van der Waals surface area contributed by atoms with Gasteiger partial charge in [0.1, 0.15) is 0 Å². The minimum atomic E-state index is -0.442. The van der Waals surface area contributed by atoms with Crippen molar-refractivity contribution in [2.24, 2.45) is 5.73 Å². The number of nitrogen functional groups attached to an aromatic ring is 1. The van der Waals surface area contributed by atoms with E-state index in [2.05, 4.69) is 15.9 Å². The fraction of sp³-hybridized carbons (Fsp3) is 0. The lowest BCUT2D eigenvalue weighted by molar-refractivity contribution is 0.100. The Morgan fingerprint density at radius 3 is 2.50 bits per heavy atom. The molecule has 0 unspecified atom stereocenters. The van der Waals surface area contributed by atoms with Gasteiger partial charge < -0.3 is 11.5 Å². The number of halogens is 1. The van der Waals surface area contributed by atoms with Gasteiger partial charge in [-0.1, -0.05) is 0 Å². The van der Waals surface area contributed by atoms with Gasteiger partial charge in [0.05, 0.1) is 14.4 Å². The first-order valence-corrected chi connectivity index (χ1v) is 4.07. The number of carbonyl (C=O) groups excluding carboxylic acids is 1. The molecule has 4 N–H and O–H groups in total. The smallest absolute Gasteiger partial charge is 0.258 e. The van der Waals surface area contributed by atoms with E-state index in [-0.39, 0.29) is 0 Å². The molecule has 0 saturated heterocycles. The van der Waals surface area contributed by atoms with Crippen molar-refractivity contribution in [3.05, 3.63) is 14.7 Å². The molecule has 3 nitrogen and oxygen atoms in total. The Morgan fingerprint density at radius 1 is 1.70 bits per heavy atom. The van der Waals surface area contributed by atoms with Crippen molar-refractivity contribution in [1.29, 1.82) is 0 Å². The summed E-state index contributed by atoms with van der Waals surface area (Å²) >= 11 is 4.41.